The van der Waals surface area contributed by atoms with Gasteiger partial charge in [-0.1, -0.05) is 0 Å². The van der Waals surface area contributed by atoms with Crippen LogP contribution in [0.2, 0.25) is 5.15 Å². The first kappa shape index (κ1) is 13.1. The fraction of sp³-hybridized carbons (Fsp3) is 0. The highest BCUT2D eigenvalue weighted by Gasteiger charge is 2.26. The topological polar surface area (TPSA) is 136 Å². The summed E-state index contributed by atoms with van der Waals surface area (Å²) in [6.45, 7) is 0. The zero-order valence-electron chi connectivity index (χ0n) is 7.23. The van der Waals surface area contributed by atoms with Crippen molar-refractivity contribution in [2.24, 2.45) is 0 Å². The molecule has 1 heterocycles. The van der Waals surface area contributed by atoms with E-state index in [-0.39, 0.29) is 4.73 Å². The molecule has 0 saturated carbocycles. The molecule has 0 aliphatic heterocycles. The monoisotopic (exact) mass is 289 g/mol. The van der Waals surface area contributed by atoms with Crippen LogP contribution in [0.5, 0.6) is 0 Å². The van der Waals surface area contributed by atoms with E-state index in [9.17, 15) is 22.0 Å². The molecule has 0 saturated heterocycles. The lowest BCUT2D eigenvalue weighted by Crippen LogP contribution is -2.30. The van der Waals surface area contributed by atoms with Crippen LogP contribution in [-0.2, 0) is 20.2 Å². The van der Waals surface area contributed by atoms with Gasteiger partial charge in [-0.2, -0.15) is 21.6 Å². The number of aromatic nitrogens is 1. The van der Waals surface area contributed by atoms with E-state index in [1.165, 1.54) is 0 Å². The second-order valence-electron chi connectivity index (χ2n) is 2.61. The lowest BCUT2D eigenvalue weighted by molar-refractivity contribution is -0.607. The number of nitrogens with zero attached hydrogens (tertiary/aromatic N) is 1. The fourth-order valence-corrected chi connectivity index (χ4v) is 2.37. The van der Waals surface area contributed by atoms with E-state index in [4.69, 9.17) is 20.7 Å². The van der Waals surface area contributed by atoms with Crippen molar-refractivity contribution in [1.29, 1.82) is 0 Å². The highest BCUT2D eigenvalue weighted by atomic mass is 35.5. The predicted molar refractivity (Wildman–Crippen MR) is 50.0 cm³/mol. The number of halogens is 1. The maximum absolute atomic E-state index is 11.0. The minimum atomic E-state index is -4.87. The normalized spacial score (nSPS) is 12.7. The van der Waals surface area contributed by atoms with E-state index >= 15 is 0 Å². The Morgan fingerprint density at radius 3 is 2.06 bits per heavy atom. The molecule has 1 rings (SSSR count). The SMILES string of the molecule is O=S(=O)(O)c1cc(S(=O)(=O)O)c(Cl)[n+]([O-])c1. The molecule has 0 aliphatic carbocycles. The fourth-order valence-electron chi connectivity index (χ4n) is 0.829. The summed E-state index contributed by atoms with van der Waals surface area (Å²) in [5.74, 6) is 0. The highest BCUT2D eigenvalue weighted by molar-refractivity contribution is 7.86. The summed E-state index contributed by atoms with van der Waals surface area (Å²) in [5.41, 5.74) is 0. The second kappa shape index (κ2) is 3.82. The van der Waals surface area contributed by atoms with Crippen LogP contribution < -0.4 is 4.73 Å². The molecule has 2 N–H and O–H groups in total. The van der Waals surface area contributed by atoms with Gasteiger partial charge in [-0.3, -0.25) is 9.11 Å². The van der Waals surface area contributed by atoms with E-state index < -0.39 is 35.2 Å². The Balaban J connectivity index is 3.72. The predicted octanol–water partition coefficient (Wildman–Crippen LogP) is -0.533. The van der Waals surface area contributed by atoms with Crippen molar-refractivity contribution in [3.8, 4) is 0 Å². The number of hydrogen-bond donors (Lipinski definition) is 2. The number of pyridine rings is 1. The maximum atomic E-state index is 11.0. The van der Waals surface area contributed by atoms with Gasteiger partial charge in [0.2, 0.25) is 6.20 Å². The van der Waals surface area contributed by atoms with Crippen LogP contribution in [0.3, 0.4) is 0 Å². The molecule has 0 amide bonds. The van der Waals surface area contributed by atoms with Gasteiger partial charge in [-0.15, -0.1) is 0 Å². The van der Waals surface area contributed by atoms with Gasteiger partial charge < -0.3 is 5.21 Å². The lowest BCUT2D eigenvalue weighted by atomic mass is 10.5. The molecule has 90 valence electrons. The molecular weight excluding hydrogens is 286 g/mol. The van der Waals surface area contributed by atoms with Gasteiger partial charge in [-0.05, 0) is 17.7 Å². The molecular formula is C5H4ClNO7S2. The first-order valence-electron chi connectivity index (χ1n) is 3.41. The van der Waals surface area contributed by atoms with Crippen molar-refractivity contribution in [1.82, 2.24) is 0 Å². The van der Waals surface area contributed by atoms with Crippen LogP contribution in [-0.4, -0.2) is 25.9 Å². The highest BCUT2D eigenvalue weighted by Crippen LogP contribution is 2.20. The van der Waals surface area contributed by atoms with Gasteiger partial charge in [0.25, 0.3) is 0 Å². The number of rotatable bonds is 2. The van der Waals surface area contributed by atoms with Crippen LogP contribution in [0, 0.1) is 5.21 Å². The van der Waals surface area contributed by atoms with Crippen molar-refractivity contribution in [3.05, 3.63) is 22.6 Å². The van der Waals surface area contributed by atoms with E-state index in [1.807, 2.05) is 0 Å². The smallest absolute Gasteiger partial charge is 0.307 e. The van der Waals surface area contributed by atoms with Gasteiger partial charge in [0.1, 0.15) is 0 Å². The van der Waals surface area contributed by atoms with E-state index in [0.29, 0.717) is 12.3 Å². The third-order valence-electron chi connectivity index (χ3n) is 1.49. The van der Waals surface area contributed by atoms with Crippen LogP contribution in [0.1, 0.15) is 0 Å². The standard InChI is InChI=1S/C5H4ClNO7S2/c6-5-4(16(12,13)14)1-3(2-7(5)8)15(9,10)11/h1-2H,(H,9,10,11)(H,12,13,14). The summed E-state index contributed by atoms with van der Waals surface area (Å²) in [7, 11) is -9.65. The van der Waals surface area contributed by atoms with Crippen molar-refractivity contribution < 1.29 is 30.7 Å². The first-order valence-corrected chi connectivity index (χ1v) is 6.67. The van der Waals surface area contributed by atoms with E-state index in [2.05, 4.69) is 0 Å². The summed E-state index contributed by atoms with van der Waals surface area (Å²) in [6, 6.07) is 0.363. The Morgan fingerprint density at radius 2 is 1.69 bits per heavy atom. The Labute approximate surface area is 95.2 Å². The molecule has 16 heavy (non-hydrogen) atoms. The third-order valence-corrected chi connectivity index (χ3v) is 3.66. The van der Waals surface area contributed by atoms with Crippen molar-refractivity contribution in [2.45, 2.75) is 9.79 Å². The van der Waals surface area contributed by atoms with Crippen molar-refractivity contribution >= 4 is 31.8 Å². The summed E-state index contributed by atoms with van der Waals surface area (Å²) in [6.07, 6.45) is 0.354. The third kappa shape index (κ3) is 2.59. The van der Waals surface area contributed by atoms with Crippen LogP contribution in [0.25, 0.3) is 0 Å². The van der Waals surface area contributed by atoms with Crippen molar-refractivity contribution in [3.63, 3.8) is 0 Å². The maximum Gasteiger partial charge on any atom is 0.307 e. The van der Waals surface area contributed by atoms with E-state index in [0.717, 1.165) is 0 Å². The molecule has 0 aromatic carbocycles. The minimum absolute atomic E-state index is 0.312. The quantitative estimate of drug-likeness (QED) is 0.323. The van der Waals surface area contributed by atoms with Crippen molar-refractivity contribution in [2.75, 3.05) is 0 Å². The molecule has 0 radical (unpaired) electrons. The molecule has 0 atom stereocenters. The first-order chi connectivity index (χ1) is 7.03. The van der Waals surface area contributed by atoms with Gasteiger partial charge in [0.05, 0.1) is 0 Å². The molecule has 1 aromatic rings. The Bertz CT molecular complexity index is 635. The molecule has 0 fully saturated rings. The Morgan fingerprint density at radius 1 is 1.19 bits per heavy atom. The van der Waals surface area contributed by atoms with Crippen LogP contribution >= 0.6 is 11.6 Å². The van der Waals surface area contributed by atoms with E-state index in [1.54, 1.807) is 0 Å². The molecule has 0 unspecified atom stereocenters. The second-order valence-corrected chi connectivity index (χ2v) is 5.78. The summed E-state index contributed by atoms with van der Waals surface area (Å²) in [5, 5.41) is 10.1. The zero-order valence-corrected chi connectivity index (χ0v) is 9.62. The molecule has 0 spiro atoms. The average Bonchev–Trinajstić information content (AvgIpc) is 2.05. The van der Waals surface area contributed by atoms with Crippen LogP contribution in [0.4, 0.5) is 0 Å². The van der Waals surface area contributed by atoms with Gasteiger partial charge in [-0.25, -0.2) is 0 Å². The van der Waals surface area contributed by atoms with Gasteiger partial charge in [0.15, 0.2) is 9.79 Å². The largest absolute Gasteiger partial charge is 0.618 e. The number of hydrogen-bond acceptors (Lipinski definition) is 5. The average molecular weight is 290 g/mol. The van der Waals surface area contributed by atoms with Gasteiger partial charge >= 0.3 is 25.4 Å². The van der Waals surface area contributed by atoms with Gasteiger partial charge in [0, 0.05) is 0 Å². The zero-order chi connectivity index (χ0) is 12.7. The summed E-state index contributed by atoms with van der Waals surface area (Å²) in [4.78, 5) is -2.11. The summed E-state index contributed by atoms with van der Waals surface area (Å²) < 4.78 is 59.7. The lowest BCUT2D eigenvalue weighted by Gasteiger charge is -2.04. The summed E-state index contributed by atoms with van der Waals surface area (Å²) >= 11 is 5.23. The molecule has 0 bridgehead atoms. The minimum Gasteiger partial charge on any atom is -0.618 e. The molecule has 0 aliphatic rings. The Hall–Kier alpha value is -0.940. The van der Waals surface area contributed by atoms with Crippen LogP contribution in [0.15, 0.2) is 22.1 Å². The molecule has 11 heteroatoms. The molecule has 8 nitrogen and oxygen atoms in total. The Kier molecular flexibility index (Phi) is 3.13. The molecule has 1 aromatic heterocycles.